The third-order valence-electron chi connectivity index (χ3n) is 4.24. The van der Waals surface area contributed by atoms with Gasteiger partial charge in [-0.3, -0.25) is 4.79 Å². The zero-order valence-electron chi connectivity index (χ0n) is 15.2. The molecule has 0 N–H and O–H groups in total. The number of carbonyl (C=O) groups is 1. The molecular weight excluding hydrogens is 332 g/mol. The van der Waals surface area contributed by atoms with Crippen LogP contribution in [-0.4, -0.2) is 12.4 Å². The summed E-state index contributed by atoms with van der Waals surface area (Å²) in [5.74, 6) is 0.822. The van der Waals surface area contributed by atoms with E-state index in [0.717, 1.165) is 23.3 Å². The summed E-state index contributed by atoms with van der Waals surface area (Å²) in [6.07, 6.45) is 6.10. The highest BCUT2D eigenvalue weighted by molar-refractivity contribution is 6.06. The topological polar surface area (TPSA) is 26.3 Å². The van der Waals surface area contributed by atoms with Gasteiger partial charge in [-0.05, 0) is 34.9 Å². The normalized spacial score (nSPS) is 10.7. The molecule has 0 spiro atoms. The van der Waals surface area contributed by atoms with Crippen molar-refractivity contribution in [2.24, 2.45) is 0 Å². The van der Waals surface area contributed by atoms with E-state index in [0.29, 0.717) is 12.2 Å². The molecule has 0 unspecified atom stereocenters. The highest BCUT2D eigenvalue weighted by Crippen LogP contribution is 2.15. The van der Waals surface area contributed by atoms with Gasteiger partial charge in [-0.2, -0.15) is 0 Å². The summed E-state index contributed by atoms with van der Waals surface area (Å²) in [7, 11) is 0. The fourth-order valence-corrected chi connectivity index (χ4v) is 2.65. The molecule has 134 valence electrons. The summed E-state index contributed by atoms with van der Waals surface area (Å²) in [6, 6.07) is 25.3. The van der Waals surface area contributed by atoms with Gasteiger partial charge in [0.05, 0.1) is 6.61 Å². The molecule has 0 radical (unpaired) electrons. The number of allylic oxidation sites excluding steroid dienone is 1. The fraction of sp³-hybridized carbons (Fsp3) is 0.0800. The van der Waals surface area contributed by atoms with E-state index in [9.17, 15) is 4.79 Å². The largest absolute Gasteiger partial charge is 0.493 e. The lowest BCUT2D eigenvalue weighted by molar-refractivity contribution is 0.104. The number of ketones is 1. The average molecular weight is 354 g/mol. The molecule has 0 aliphatic rings. The van der Waals surface area contributed by atoms with Crippen LogP contribution in [0.5, 0.6) is 5.75 Å². The van der Waals surface area contributed by atoms with Crippen LogP contribution in [-0.2, 0) is 6.42 Å². The van der Waals surface area contributed by atoms with E-state index < -0.39 is 0 Å². The molecule has 0 bridgehead atoms. The molecule has 0 amide bonds. The van der Waals surface area contributed by atoms with Crippen molar-refractivity contribution in [1.29, 1.82) is 0 Å². The van der Waals surface area contributed by atoms with Gasteiger partial charge in [0.15, 0.2) is 5.78 Å². The molecular formula is C25H22O2. The molecule has 0 aromatic heterocycles. The van der Waals surface area contributed by atoms with Crippen LogP contribution in [0.1, 0.15) is 27.0 Å². The minimum Gasteiger partial charge on any atom is -0.493 e. The van der Waals surface area contributed by atoms with Crippen molar-refractivity contribution in [2.75, 3.05) is 6.61 Å². The lowest BCUT2D eigenvalue weighted by Gasteiger charge is -2.07. The Kier molecular flexibility index (Phi) is 6.37. The number of hydrogen-bond donors (Lipinski definition) is 0. The van der Waals surface area contributed by atoms with Gasteiger partial charge >= 0.3 is 0 Å². The summed E-state index contributed by atoms with van der Waals surface area (Å²) in [5.41, 5.74) is 4.01. The van der Waals surface area contributed by atoms with Crippen molar-refractivity contribution >= 4 is 17.9 Å². The Morgan fingerprint density at radius 1 is 0.852 bits per heavy atom. The summed E-state index contributed by atoms with van der Waals surface area (Å²) in [5, 5.41) is 0. The van der Waals surface area contributed by atoms with E-state index >= 15 is 0 Å². The number of ether oxygens (including phenoxy) is 1. The zero-order valence-corrected chi connectivity index (χ0v) is 15.2. The predicted molar refractivity (Wildman–Crippen MR) is 112 cm³/mol. The third kappa shape index (κ3) is 5.55. The maximum Gasteiger partial charge on any atom is 0.185 e. The van der Waals surface area contributed by atoms with Crippen molar-refractivity contribution in [3.05, 3.63) is 114 Å². The monoisotopic (exact) mass is 354 g/mol. The van der Waals surface area contributed by atoms with E-state index in [1.54, 1.807) is 6.08 Å². The lowest BCUT2D eigenvalue weighted by Crippen LogP contribution is -2.01. The second kappa shape index (κ2) is 9.35. The van der Waals surface area contributed by atoms with Crippen LogP contribution in [0, 0.1) is 0 Å². The van der Waals surface area contributed by atoms with E-state index in [2.05, 4.69) is 30.8 Å². The first-order valence-corrected chi connectivity index (χ1v) is 8.96. The molecule has 0 aliphatic heterocycles. The van der Waals surface area contributed by atoms with Gasteiger partial charge in [0, 0.05) is 12.0 Å². The van der Waals surface area contributed by atoms with Crippen LogP contribution in [0.2, 0.25) is 0 Å². The maximum absolute atomic E-state index is 12.1. The van der Waals surface area contributed by atoms with Crippen LogP contribution >= 0.6 is 0 Å². The predicted octanol–water partition coefficient (Wildman–Crippen LogP) is 5.85. The number of benzene rings is 3. The second-order valence-electron chi connectivity index (χ2n) is 6.18. The Hall–Kier alpha value is -3.39. The Balaban J connectivity index is 1.50. The molecule has 2 nitrogen and oxygen atoms in total. The highest BCUT2D eigenvalue weighted by Gasteiger charge is 2.00. The van der Waals surface area contributed by atoms with Gasteiger partial charge in [-0.15, -0.1) is 0 Å². The Morgan fingerprint density at radius 2 is 1.52 bits per heavy atom. The first kappa shape index (κ1) is 18.4. The number of hydrogen-bond acceptors (Lipinski definition) is 2. The molecule has 2 heteroatoms. The molecule has 0 fully saturated rings. The highest BCUT2D eigenvalue weighted by atomic mass is 16.5. The maximum atomic E-state index is 12.1. The molecule has 27 heavy (non-hydrogen) atoms. The van der Waals surface area contributed by atoms with Crippen molar-refractivity contribution < 1.29 is 9.53 Å². The molecule has 0 atom stereocenters. The number of rotatable bonds is 8. The Bertz CT molecular complexity index is 905. The molecule has 3 aromatic rings. The van der Waals surface area contributed by atoms with E-state index in [1.165, 1.54) is 5.56 Å². The summed E-state index contributed by atoms with van der Waals surface area (Å²) < 4.78 is 5.81. The molecule has 0 saturated heterocycles. The molecule has 3 rings (SSSR count). The molecule has 0 saturated carbocycles. The molecule has 3 aromatic carbocycles. The van der Waals surface area contributed by atoms with Crippen molar-refractivity contribution in [3.8, 4) is 5.75 Å². The van der Waals surface area contributed by atoms with Crippen LogP contribution in [0.3, 0.4) is 0 Å². The third-order valence-corrected chi connectivity index (χ3v) is 4.24. The second-order valence-corrected chi connectivity index (χ2v) is 6.18. The van der Waals surface area contributed by atoms with Gasteiger partial charge in [0.2, 0.25) is 0 Å². The van der Waals surface area contributed by atoms with Crippen LogP contribution in [0.15, 0.2) is 91.5 Å². The van der Waals surface area contributed by atoms with Gasteiger partial charge < -0.3 is 4.74 Å². The quantitative estimate of drug-likeness (QED) is 0.375. The average Bonchev–Trinajstić information content (AvgIpc) is 2.74. The Morgan fingerprint density at radius 3 is 2.19 bits per heavy atom. The van der Waals surface area contributed by atoms with Crippen molar-refractivity contribution in [2.45, 2.75) is 6.42 Å². The summed E-state index contributed by atoms with van der Waals surface area (Å²) in [4.78, 5) is 12.1. The van der Waals surface area contributed by atoms with Gasteiger partial charge in [-0.25, -0.2) is 0 Å². The van der Waals surface area contributed by atoms with E-state index in [1.807, 2.05) is 66.7 Å². The van der Waals surface area contributed by atoms with Gasteiger partial charge in [0.25, 0.3) is 0 Å². The molecule has 0 aliphatic carbocycles. The smallest absolute Gasteiger partial charge is 0.185 e. The zero-order chi connectivity index (χ0) is 18.9. The SMILES string of the molecule is C=Cc1ccc(CCOc2ccc(/C=C/C(=O)c3ccccc3)cc2)cc1. The lowest BCUT2D eigenvalue weighted by atomic mass is 10.1. The first-order chi connectivity index (χ1) is 13.2. The summed E-state index contributed by atoms with van der Waals surface area (Å²) >= 11 is 0. The molecule has 0 heterocycles. The van der Waals surface area contributed by atoms with Crippen molar-refractivity contribution in [3.63, 3.8) is 0 Å². The fourth-order valence-electron chi connectivity index (χ4n) is 2.65. The van der Waals surface area contributed by atoms with Gasteiger partial charge in [0.1, 0.15) is 5.75 Å². The van der Waals surface area contributed by atoms with Crippen LogP contribution in [0.4, 0.5) is 0 Å². The van der Waals surface area contributed by atoms with Gasteiger partial charge in [-0.1, -0.05) is 85.5 Å². The standard InChI is InChI=1S/C25H22O2/c1-2-20-8-10-22(11-9-20)18-19-27-24-15-12-21(13-16-24)14-17-25(26)23-6-4-3-5-7-23/h2-17H,1,18-19H2/b17-14+. The van der Waals surface area contributed by atoms with Crippen molar-refractivity contribution in [1.82, 2.24) is 0 Å². The van der Waals surface area contributed by atoms with Crippen LogP contribution in [0.25, 0.3) is 12.2 Å². The van der Waals surface area contributed by atoms with E-state index in [-0.39, 0.29) is 5.78 Å². The number of carbonyl (C=O) groups excluding carboxylic acids is 1. The Labute approximate surface area is 160 Å². The summed E-state index contributed by atoms with van der Waals surface area (Å²) in [6.45, 7) is 4.38. The minimum absolute atomic E-state index is 0.00148. The van der Waals surface area contributed by atoms with E-state index in [4.69, 9.17) is 4.74 Å². The first-order valence-electron chi connectivity index (χ1n) is 8.96. The minimum atomic E-state index is -0.00148. The van der Waals surface area contributed by atoms with Crippen LogP contribution < -0.4 is 4.74 Å².